The first kappa shape index (κ1) is 18.9. The summed E-state index contributed by atoms with van der Waals surface area (Å²) in [6.07, 6.45) is 7.79. The molecule has 2 aromatic rings. The zero-order valence-electron chi connectivity index (χ0n) is 16.4. The standard InChI is InChI=1S/C20H28N6O2/c1-24-19(27)9-8-18(23-24)20(28)21-13-15-12-17-14-25(10-5-11-26(17)22-15)16-6-3-2-4-7-16/h8-9,12,16H,2-7,10-11,13-14H2,1H3,(H,21,28). The third-order valence-electron chi connectivity index (χ3n) is 5.81. The Hall–Kier alpha value is -2.48. The molecule has 3 heterocycles. The van der Waals surface area contributed by atoms with Crippen molar-refractivity contribution in [2.75, 3.05) is 6.54 Å². The lowest BCUT2D eigenvalue weighted by Crippen LogP contribution is -2.36. The van der Waals surface area contributed by atoms with Gasteiger partial charge in [-0.25, -0.2) is 4.68 Å². The first-order valence-electron chi connectivity index (χ1n) is 10.2. The molecule has 0 atom stereocenters. The number of nitrogens with one attached hydrogen (secondary N) is 1. The molecule has 2 aromatic heterocycles. The van der Waals surface area contributed by atoms with E-state index in [2.05, 4.69) is 31.2 Å². The number of rotatable bonds is 4. The number of aryl methyl sites for hydroxylation is 2. The minimum atomic E-state index is -0.303. The second kappa shape index (κ2) is 8.26. The number of fused-ring (bicyclic) bond motifs is 1. The van der Waals surface area contributed by atoms with E-state index in [0.717, 1.165) is 36.4 Å². The molecular weight excluding hydrogens is 356 g/mol. The van der Waals surface area contributed by atoms with Crippen molar-refractivity contribution in [3.05, 3.63) is 45.6 Å². The molecule has 4 rings (SSSR count). The van der Waals surface area contributed by atoms with Gasteiger partial charge in [0, 0.05) is 38.8 Å². The number of hydrogen-bond donors (Lipinski definition) is 1. The average molecular weight is 384 g/mol. The van der Waals surface area contributed by atoms with Crippen molar-refractivity contribution in [3.8, 4) is 0 Å². The molecule has 0 radical (unpaired) electrons. The van der Waals surface area contributed by atoms with Gasteiger partial charge in [0.25, 0.3) is 11.5 Å². The summed E-state index contributed by atoms with van der Waals surface area (Å²) in [6.45, 7) is 3.36. The molecule has 0 bridgehead atoms. The fraction of sp³-hybridized carbons (Fsp3) is 0.600. The van der Waals surface area contributed by atoms with Crippen LogP contribution in [0.5, 0.6) is 0 Å². The van der Waals surface area contributed by atoms with Gasteiger partial charge in [-0.3, -0.25) is 19.2 Å². The molecule has 8 nitrogen and oxygen atoms in total. The van der Waals surface area contributed by atoms with E-state index in [9.17, 15) is 9.59 Å². The average Bonchev–Trinajstić information content (AvgIpc) is 2.99. The highest BCUT2D eigenvalue weighted by molar-refractivity contribution is 5.91. The van der Waals surface area contributed by atoms with Crippen LogP contribution in [0.25, 0.3) is 0 Å². The monoisotopic (exact) mass is 384 g/mol. The molecule has 0 spiro atoms. The van der Waals surface area contributed by atoms with Gasteiger partial charge in [-0.05, 0) is 31.4 Å². The van der Waals surface area contributed by atoms with Gasteiger partial charge < -0.3 is 5.32 Å². The topological polar surface area (TPSA) is 85.1 Å². The molecule has 0 aromatic carbocycles. The van der Waals surface area contributed by atoms with Gasteiger partial charge in [0.05, 0.1) is 17.9 Å². The first-order valence-corrected chi connectivity index (χ1v) is 10.2. The molecule has 1 N–H and O–H groups in total. The maximum Gasteiger partial charge on any atom is 0.272 e. The minimum absolute atomic E-state index is 0.228. The van der Waals surface area contributed by atoms with E-state index in [1.54, 1.807) is 0 Å². The molecule has 1 fully saturated rings. The molecule has 0 unspecified atom stereocenters. The SMILES string of the molecule is Cn1nc(C(=O)NCc2cc3n(n2)CCCN(C2CCCCC2)C3)ccc1=O. The Morgan fingerprint density at radius 3 is 2.75 bits per heavy atom. The van der Waals surface area contributed by atoms with Crippen molar-refractivity contribution < 1.29 is 4.79 Å². The summed E-state index contributed by atoms with van der Waals surface area (Å²) in [7, 11) is 1.53. The Morgan fingerprint density at radius 2 is 1.96 bits per heavy atom. The Morgan fingerprint density at radius 1 is 1.14 bits per heavy atom. The Balaban J connectivity index is 1.39. The predicted octanol–water partition coefficient (Wildman–Crippen LogP) is 1.45. The van der Waals surface area contributed by atoms with E-state index >= 15 is 0 Å². The lowest BCUT2D eigenvalue weighted by molar-refractivity contribution is 0.0943. The van der Waals surface area contributed by atoms with Crippen LogP contribution in [-0.4, -0.2) is 43.0 Å². The third-order valence-corrected chi connectivity index (χ3v) is 5.81. The van der Waals surface area contributed by atoms with E-state index in [1.807, 2.05) is 0 Å². The molecule has 1 amide bonds. The largest absolute Gasteiger partial charge is 0.345 e. The molecule has 150 valence electrons. The molecular formula is C20H28N6O2. The second-order valence-corrected chi connectivity index (χ2v) is 7.83. The van der Waals surface area contributed by atoms with Crippen molar-refractivity contribution in [2.45, 2.75) is 64.2 Å². The molecule has 1 saturated carbocycles. The van der Waals surface area contributed by atoms with Crippen LogP contribution in [-0.2, 0) is 26.7 Å². The first-order chi connectivity index (χ1) is 13.6. The number of carbonyl (C=O) groups excluding carboxylic acids is 1. The highest BCUT2D eigenvalue weighted by Crippen LogP contribution is 2.25. The summed E-state index contributed by atoms with van der Waals surface area (Å²) in [5.74, 6) is -0.303. The van der Waals surface area contributed by atoms with Crippen LogP contribution in [0.2, 0.25) is 0 Å². The van der Waals surface area contributed by atoms with Crippen molar-refractivity contribution in [1.82, 2.24) is 29.8 Å². The smallest absolute Gasteiger partial charge is 0.272 e. The van der Waals surface area contributed by atoms with E-state index < -0.39 is 0 Å². The number of nitrogens with zero attached hydrogens (tertiary/aromatic N) is 5. The lowest BCUT2D eigenvalue weighted by atomic mass is 9.94. The summed E-state index contributed by atoms with van der Waals surface area (Å²) < 4.78 is 3.25. The van der Waals surface area contributed by atoms with Gasteiger partial charge in [-0.2, -0.15) is 10.2 Å². The van der Waals surface area contributed by atoms with E-state index in [4.69, 9.17) is 0 Å². The van der Waals surface area contributed by atoms with Crippen LogP contribution in [0.15, 0.2) is 23.0 Å². The summed E-state index contributed by atoms with van der Waals surface area (Å²) >= 11 is 0. The zero-order chi connectivity index (χ0) is 19.5. The van der Waals surface area contributed by atoms with E-state index in [-0.39, 0.29) is 17.2 Å². The maximum absolute atomic E-state index is 12.3. The van der Waals surface area contributed by atoms with Crippen LogP contribution < -0.4 is 10.9 Å². The van der Waals surface area contributed by atoms with E-state index in [0.29, 0.717) is 12.6 Å². The quantitative estimate of drug-likeness (QED) is 0.862. The van der Waals surface area contributed by atoms with Gasteiger partial charge in [0.1, 0.15) is 5.69 Å². The Kier molecular flexibility index (Phi) is 5.57. The third kappa shape index (κ3) is 4.16. The van der Waals surface area contributed by atoms with Crippen LogP contribution in [0.1, 0.15) is 60.4 Å². The number of amides is 1. The van der Waals surface area contributed by atoms with Crippen LogP contribution in [0.4, 0.5) is 0 Å². The maximum atomic E-state index is 12.3. The van der Waals surface area contributed by atoms with Crippen LogP contribution >= 0.6 is 0 Å². The second-order valence-electron chi connectivity index (χ2n) is 7.83. The van der Waals surface area contributed by atoms with Gasteiger partial charge in [-0.15, -0.1) is 0 Å². The summed E-state index contributed by atoms with van der Waals surface area (Å²) in [5.41, 5.74) is 2.08. The summed E-state index contributed by atoms with van der Waals surface area (Å²) in [5, 5.41) is 11.5. The van der Waals surface area contributed by atoms with Crippen LogP contribution in [0.3, 0.4) is 0 Å². The number of carbonyl (C=O) groups is 1. The van der Waals surface area contributed by atoms with Crippen molar-refractivity contribution in [2.24, 2.45) is 7.05 Å². The van der Waals surface area contributed by atoms with E-state index in [1.165, 1.54) is 57.0 Å². The molecule has 2 aliphatic rings. The number of hydrogen-bond acceptors (Lipinski definition) is 5. The number of aromatic nitrogens is 4. The molecule has 1 aliphatic heterocycles. The van der Waals surface area contributed by atoms with Crippen LogP contribution in [0, 0.1) is 0 Å². The minimum Gasteiger partial charge on any atom is -0.345 e. The molecule has 8 heteroatoms. The summed E-state index contributed by atoms with van der Waals surface area (Å²) in [6, 6.07) is 5.60. The molecule has 1 aliphatic carbocycles. The predicted molar refractivity (Wildman–Crippen MR) is 105 cm³/mol. The van der Waals surface area contributed by atoms with Crippen molar-refractivity contribution in [1.29, 1.82) is 0 Å². The summed E-state index contributed by atoms with van der Waals surface area (Å²) in [4.78, 5) is 26.3. The van der Waals surface area contributed by atoms with Gasteiger partial charge in [-0.1, -0.05) is 19.3 Å². The molecule has 28 heavy (non-hydrogen) atoms. The van der Waals surface area contributed by atoms with Crippen molar-refractivity contribution >= 4 is 5.91 Å². The fourth-order valence-electron chi connectivity index (χ4n) is 4.28. The van der Waals surface area contributed by atoms with Gasteiger partial charge in [0.2, 0.25) is 0 Å². The lowest BCUT2D eigenvalue weighted by Gasteiger charge is -2.33. The zero-order valence-corrected chi connectivity index (χ0v) is 16.4. The highest BCUT2D eigenvalue weighted by atomic mass is 16.2. The van der Waals surface area contributed by atoms with Gasteiger partial charge in [0.15, 0.2) is 0 Å². The fourth-order valence-corrected chi connectivity index (χ4v) is 4.28. The normalized spacial score (nSPS) is 18.5. The Bertz CT molecular complexity index is 896. The van der Waals surface area contributed by atoms with Crippen molar-refractivity contribution in [3.63, 3.8) is 0 Å². The molecule has 0 saturated heterocycles. The highest BCUT2D eigenvalue weighted by Gasteiger charge is 2.24. The van der Waals surface area contributed by atoms with Gasteiger partial charge >= 0.3 is 0 Å². The Labute approximate surface area is 164 Å².